The molecule has 1 saturated heterocycles. The van der Waals surface area contributed by atoms with E-state index in [1.807, 2.05) is 20.2 Å². The Hall–Kier alpha value is -1.36. The Balaban J connectivity index is 1.99. The first kappa shape index (κ1) is 14.1. The number of rotatable bonds is 4. The Kier molecular flexibility index (Phi) is 4.58. The van der Waals surface area contributed by atoms with Gasteiger partial charge in [-0.1, -0.05) is 6.92 Å². The fourth-order valence-corrected chi connectivity index (χ4v) is 2.73. The van der Waals surface area contributed by atoms with E-state index in [0.29, 0.717) is 11.5 Å². The zero-order valence-corrected chi connectivity index (χ0v) is 12.1. The van der Waals surface area contributed by atoms with Gasteiger partial charge in [-0.3, -0.25) is 9.48 Å². The maximum atomic E-state index is 12.3. The lowest BCUT2D eigenvalue weighted by atomic mass is 9.91. The molecule has 106 valence electrons. The quantitative estimate of drug-likeness (QED) is 0.856. The molecular formula is C14H24N4O. The molecule has 0 radical (unpaired) electrons. The number of aryl methyl sites for hydroxylation is 2. The van der Waals surface area contributed by atoms with Crippen LogP contribution in [-0.4, -0.2) is 34.8 Å². The van der Waals surface area contributed by atoms with Crippen LogP contribution in [0.4, 0.5) is 0 Å². The molecule has 1 atom stereocenters. The Morgan fingerprint density at radius 1 is 1.58 bits per heavy atom. The topological polar surface area (TPSA) is 59.0 Å². The smallest absolute Gasteiger partial charge is 0.254 e. The van der Waals surface area contributed by atoms with Crippen LogP contribution in [0.2, 0.25) is 0 Å². The van der Waals surface area contributed by atoms with Gasteiger partial charge < -0.3 is 10.6 Å². The molecule has 0 aromatic carbocycles. The summed E-state index contributed by atoms with van der Waals surface area (Å²) in [6.07, 6.45) is 4.86. The summed E-state index contributed by atoms with van der Waals surface area (Å²) in [7, 11) is 1.85. The van der Waals surface area contributed by atoms with Gasteiger partial charge in [-0.25, -0.2) is 0 Å². The van der Waals surface area contributed by atoms with E-state index in [0.717, 1.165) is 38.0 Å². The molecule has 0 spiro atoms. The third-order valence-corrected chi connectivity index (χ3v) is 3.93. The van der Waals surface area contributed by atoms with E-state index in [2.05, 4.69) is 22.7 Å². The Bertz CT molecular complexity index is 435. The van der Waals surface area contributed by atoms with Crippen LogP contribution in [0, 0.1) is 5.92 Å². The van der Waals surface area contributed by atoms with E-state index in [1.54, 1.807) is 4.68 Å². The second-order valence-electron chi connectivity index (χ2n) is 5.37. The standard InChI is InChI=1S/C14H24N4O/c1-4-13-12(9-18(3)17-13)14(19)16-10(2)11-5-7-15-8-6-11/h9-11,15H,4-8H2,1-3H3,(H,16,19). The third kappa shape index (κ3) is 3.35. The molecule has 1 aliphatic rings. The van der Waals surface area contributed by atoms with Crippen LogP contribution in [0.5, 0.6) is 0 Å². The third-order valence-electron chi connectivity index (χ3n) is 3.93. The number of aromatic nitrogens is 2. The van der Waals surface area contributed by atoms with Gasteiger partial charge in [-0.05, 0) is 45.2 Å². The van der Waals surface area contributed by atoms with Crippen LogP contribution in [0.15, 0.2) is 6.20 Å². The van der Waals surface area contributed by atoms with Crippen molar-refractivity contribution in [2.45, 2.75) is 39.2 Å². The number of carbonyl (C=O) groups excluding carboxylic acids is 1. The van der Waals surface area contributed by atoms with Crippen molar-refractivity contribution in [3.63, 3.8) is 0 Å². The maximum Gasteiger partial charge on any atom is 0.254 e. The molecule has 2 heterocycles. The molecule has 0 saturated carbocycles. The molecule has 0 aliphatic carbocycles. The van der Waals surface area contributed by atoms with Gasteiger partial charge >= 0.3 is 0 Å². The highest BCUT2D eigenvalue weighted by molar-refractivity contribution is 5.95. The highest BCUT2D eigenvalue weighted by atomic mass is 16.1. The van der Waals surface area contributed by atoms with Crippen molar-refractivity contribution in [3.8, 4) is 0 Å². The normalized spacial score (nSPS) is 18.3. The van der Waals surface area contributed by atoms with Crippen molar-refractivity contribution in [1.82, 2.24) is 20.4 Å². The maximum absolute atomic E-state index is 12.3. The largest absolute Gasteiger partial charge is 0.349 e. The van der Waals surface area contributed by atoms with Crippen LogP contribution in [0.3, 0.4) is 0 Å². The van der Waals surface area contributed by atoms with Crippen LogP contribution >= 0.6 is 0 Å². The molecule has 1 fully saturated rings. The first-order chi connectivity index (χ1) is 9.11. The zero-order valence-electron chi connectivity index (χ0n) is 12.1. The van der Waals surface area contributed by atoms with Crippen molar-refractivity contribution >= 4 is 5.91 Å². The Labute approximate surface area is 114 Å². The summed E-state index contributed by atoms with van der Waals surface area (Å²) in [6.45, 7) is 6.24. The number of carbonyl (C=O) groups is 1. The van der Waals surface area contributed by atoms with Crippen LogP contribution in [0.25, 0.3) is 0 Å². The van der Waals surface area contributed by atoms with E-state index in [-0.39, 0.29) is 11.9 Å². The molecule has 5 nitrogen and oxygen atoms in total. The number of piperidine rings is 1. The number of nitrogens with zero attached hydrogens (tertiary/aromatic N) is 2. The van der Waals surface area contributed by atoms with Crippen molar-refractivity contribution in [1.29, 1.82) is 0 Å². The summed E-state index contributed by atoms with van der Waals surface area (Å²) < 4.78 is 1.71. The molecule has 2 N–H and O–H groups in total. The molecule has 1 aliphatic heterocycles. The van der Waals surface area contributed by atoms with Gasteiger partial charge in [0.15, 0.2) is 0 Å². The summed E-state index contributed by atoms with van der Waals surface area (Å²) >= 11 is 0. The average molecular weight is 264 g/mol. The Morgan fingerprint density at radius 3 is 2.89 bits per heavy atom. The van der Waals surface area contributed by atoms with Gasteiger partial charge in [0.1, 0.15) is 0 Å². The van der Waals surface area contributed by atoms with Gasteiger partial charge in [0.05, 0.1) is 11.3 Å². The lowest BCUT2D eigenvalue weighted by molar-refractivity contribution is 0.0919. The minimum Gasteiger partial charge on any atom is -0.349 e. The average Bonchev–Trinajstić information content (AvgIpc) is 2.81. The second-order valence-corrected chi connectivity index (χ2v) is 5.37. The van der Waals surface area contributed by atoms with Gasteiger partial charge in [0.2, 0.25) is 0 Å². The van der Waals surface area contributed by atoms with Crippen molar-refractivity contribution in [2.75, 3.05) is 13.1 Å². The van der Waals surface area contributed by atoms with Crippen molar-refractivity contribution in [2.24, 2.45) is 13.0 Å². The zero-order chi connectivity index (χ0) is 13.8. The lowest BCUT2D eigenvalue weighted by Gasteiger charge is -2.28. The first-order valence-corrected chi connectivity index (χ1v) is 7.16. The van der Waals surface area contributed by atoms with Crippen LogP contribution < -0.4 is 10.6 Å². The fraction of sp³-hybridized carbons (Fsp3) is 0.714. The second kappa shape index (κ2) is 6.19. The SMILES string of the molecule is CCc1nn(C)cc1C(=O)NC(C)C1CCNCC1. The van der Waals surface area contributed by atoms with Gasteiger partial charge in [0, 0.05) is 19.3 Å². The summed E-state index contributed by atoms with van der Waals surface area (Å²) in [5, 5.41) is 10.8. The summed E-state index contributed by atoms with van der Waals surface area (Å²) in [4.78, 5) is 12.3. The number of nitrogens with one attached hydrogen (secondary N) is 2. The first-order valence-electron chi connectivity index (χ1n) is 7.16. The van der Waals surface area contributed by atoms with Gasteiger partial charge in [0.25, 0.3) is 5.91 Å². The molecule has 1 amide bonds. The monoisotopic (exact) mass is 264 g/mol. The summed E-state index contributed by atoms with van der Waals surface area (Å²) in [5.41, 5.74) is 1.59. The fourth-order valence-electron chi connectivity index (χ4n) is 2.73. The van der Waals surface area contributed by atoms with E-state index in [4.69, 9.17) is 0 Å². The summed E-state index contributed by atoms with van der Waals surface area (Å²) in [5.74, 6) is 0.586. The number of hydrogen-bond donors (Lipinski definition) is 2. The van der Waals surface area contributed by atoms with Gasteiger partial charge in [-0.2, -0.15) is 5.10 Å². The predicted octanol–water partition coefficient (Wildman–Crippen LogP) is 1.10. The molecule has 2 rings (SSSR count). The Morgan fingerprint density at radius 2 is 2.26 bits per heavy atom. The van der Waals surface area contributed by atoms with E-state index in [9.17, 15) is 4.79 Å². The molecule has 0 bridgehead atoms. The lowest BCUT2D eigenvalue weighted by Crippen LogP contribution is -2.42. The van der Waals surface area contributed by atoms with Gasteiger partial charge in [-0.15, -0.1) is 0 Å². The molecule has 1 aromatic heterocycles. The number of hydrogen-bond acceptors (Lipinski definition) is 3. The highest BCUT2D eigenvalue weighted by Gasteiger charge is 2.23. The molecule has 1 aromatic rings. The molecule has 1 unspecified atom stereocenters. The number of amides is 1. The van der Waals surface area contributed by atoms with Crippen molar-refractivity contribution < 1.29 is 4.79 Å². The molecule has 19 heavy (non-hydrogen) atoms. The van der Waals surface area contributed by atoms with E-state index >= 15 is 0 Å². The predicted molar refractivity (Wildman–Crippen MR) is 75.1 cm³/mol. The highest BCUT2D eigenvalue weighted by Crippen LogP contribution is 2.17. The van der Waals surface area contributed by atoms with E-state index < -0.39 is 0 Å². The summed E-state index contributed by atoms with van der Waals surface area (Å²) in [6, 6.07) is 0.222. The minimum atomic E-state index is 0.0102. The van der Waals surface area contributed by atoms with Crippen molar-refractivity contribution in [3.05, 3.63) is 17.5 Å². The molecular weight excluding hydrogens is 240 g/mol. The molecule has 5 heteroatoms. The minimum absolute atomic E-state index is 0.0102. The van der Waals surface area contributed by atoms with E-state index in [1.165, 1.54) is 0 Å². The van der Waals surface area contributed by atoms with Crippen LogP contribution in [-0.2, 0) is 13.5 Å². The van der Waals surface area contributed by atoms with Crippen LogP contribution in [0.1, 0.15) is 42.7 Å².